The quantitative estimate of drug-likeness (QED) is 0.501. The SMILES string of the molecule is CCNC(=O)CCNC(=O)NCC1CCC(C(=O)O)O1. The predicted octanol–water partition coefficient (Wildman–Crippen LogP) is -0.556. The number of carbonyl (C=O) groups excluding carboxylic acids is 2. The summed E-state index contributed by atoms with van der Waals surface area (Å²) in [6.45, 7) is 2.90. The molecule has 0 aromatic rings. The summed E-state index contributed by atoms with van der Waals surface area (Å²) in [5.41, 5.74) is 0. The van der Waals surface area contributed by atoms with Gasteiger partial charge in [-0.1, -0.05) is 0 Å². The molecule has 0 radical (unpaired) electrons. The topological polar surface area (TPSA) is 117 Å². The fourth-order valence-electron chi connectivity index (χ4n) is 1.88. The highest BCUT2D eigenvalue weighted by molar-refractivity contribution is 5.78. The van der Waals surface area contributed by atoms with Gasteiger partial charge in [-0.3, -0.25) is 4.79 Å². The Kier molecular flexibility index (Phi) is 6.78. The molecule has 0 aromatic carbocycles. The normalized spacial score (nSPS) is 21.2. The number of amides is 3. The van der Waals surface area contributed by atoms with Crippen molar-refractivity contribution in [3.05, 3.63) is 0 Å². The molecular formula is C12H21N3O5. The monoisotopic (exact) mass is 287 g/mol. The van der Waals surface area contributed by atoms with Gasteiger partial charge in [0.05, 0.1) is 6.10 Å². The van der Waals surface area contributed by atoms with Crippen LogP contribution in [0.1, 0.15) is 26.2 Å². The van der Waals surface area contributed by atoms with Crippen LogP contribution < -0.4 is 16.0 Å². The number of hydrogen-bond donors (Lipinski definition) is 4. The molecule has 0 bridgehead atoms. The minimum absolute atomic E-state index is 0.115. The summed E-state index contributed by atoms with van der Waals surface area (Å²) in [7, 11) is 0. The number of carbonyl (C=O) groups is 3. The van der Waals surface area contributed by atoms with Crippen LogP contribution >= 0.6 is 0 Å². The molecular weight excluding hydrogens is 266 g/mol. The summed E-state index contributed by atoms with van der Waals surface area (Å²) in [6, 6.07) is -0.392. The number of urea groups is 1. The van der Waals surface area contributed by atoms with E-state index in [1.807, 2.05) is 6.92 Å². The molecule has 4 N–H and O–H groups in total. The smallest absolute Gasteiger partial charge is 0.332 e. The lowest BCUT2D eigenvalue weighted by Crippen LogP contribution is -2.41. The third-order valence-electron chi connectivity index (χ3n) is 2.88. The number of carboxylic acid groups (broad SMARTS) is 1. The van der Waals surface area contributed by atoms with Crippen molar-refractivity contribution < 1.29 is 24.2 Å². The Labute approximate surface area is 117 Å². The summed E-state index contributed by atoms with van der Waals surface area (Å²) in [5, 5.41) is 16.5. The molecule has 0 aromatic heterocycles. The minimum atomic E-state index is -0.973. The lowest BCUT2D eigenvalue weighted by atomic mass is 10.2. The summed E-state index contributed by atoms with van der Waals surface area (Å²) < 4.78 is 5.24. The van der Waals surface area contributed by atoms with Gasteiger partial charge in [-0.05, 0) is 19.8 Å². The second kappa shape index (κ2) is 8.36. The van der Waals surface area contributed by atoms with Gasteiger partial charge < -0.3 is 25.8 Å². The fourth-order valence-corrected chi connectivity index (χ4v) is 1.88. The second-order valence-electron chi connectivity index (χ2n) is 4.50. The van der Waals surface area contributed by atoms with Gasteiger partial charge in [-0.15, -0.1) is 0 Å². The van der Waals surface area contributed by atoms with Crippen molar-refractivity contribution >= 4 is 17.9 Å². The van der Waals surface area contributed by atoms with Gasteiger partial charge in [0.25, 0.3) is 0 Å². The molecule has 2 atom stereocenters. The molecule has 1 aliphatic rings. The third kappa shape index (κ3) is 5.87. The average molecular weight is 287 g/mol. The van der Waals surface area contributed by atoms with Crippen molar-refractivity contribution in [2.24, 2.45) is 0 Å². The Hall–Kier alpha value is -1.83. The maximum Gasteiger partial charge on any atom is 0.332 e. The van der Waals surface area contributed by atoms with Crippen LogP contribution in [0.15, 0.2) is 0 Å². The Bertz CT molecular complexity index is 361. The van der Waals surface area contributed by atoms with Crippen molar-refractivity contribution in [2.75, 3.05) is 19.6 Å². The first kappa shape index (κ1) is 16.2. The third-order valence-corrected chi connectivity index (χ3v) is 2.88. The van der Waals surface area contributed by atoms with Gasteiger partial charge >= 0.3 is 12.0 Å². The average Bonchev–Trinajstić information content (AvgIpc) is 2.85. The van der Waals surface area contributed by atoms with E-state index >= 15 is 0 Å². The summed E-state index contributed by atoms with van der Waals surface area (Å²) in [5.74, 6) is -1.09. The highest BCUT2D eigenvalue weighted by atomic mass is 16.5. The van der Waals surface area contributed by atoms with Gasteiger partial charge in [-0.2, -0.15) is 0 Å². The summed E-state index contributed by atoms with van der Waals surface area (Å²) in [6.07, 6.45) is 0.242. The van der Waals surface area contributed by atoms with Crippen LogP contribution in [0.5, 0.6) is 0 Å². The van der Waals surface area contributed by atoms with Crippen LogP contribution in [0.3, 0.4) is 0 Å². The molecule has 0 saturated carbocycles. The van der Waals surface area contributed by atoms with E-state index in [-0.39, 0.29) is 31.5 Å². The van der Waals surface area contributed by atoms with Crippen LogP contribution in [0.4, 0.5) is 4.79 Å². The molecule has 1 saturated heterocycles. The summed E-state index contributed by atoms with van der Waals surface area (Å²) >= 11 is 0. The number of nitrogens with one attached hydrogen (secondary N) is 3. The first-order valence-electron chi connectivity index (χ1n) is 6.69. The first-order valence-corrected chi connectivity index (χ1v) is 6.69. The van der Waals surface area contributed by atoms with E-state index in [1.54, 1.807) is 0 Å². The van der Waals surface area contributed by atoms with E-state index < -0.39 is 18.1 Å². The molecule has 114 valence electrons. The number of ether oxygens (including phenoxy) is 1. The maximum atomic E-state index is 11.4. The Morgan fingerprint density at radius 1 is 1.20 bits per heavy atom. The van der Waals surface area contributed by atoms with Crippen LogP contribution in [0, 0.1) is 0 Å². The van der Waals surface area contributed by atoms with E-state index in [0.717, 1.165) is 0 Å². The van der Waals surface area contributed by atoms with Crippen LogP contribution in [0.2, 0.25) is 0 Å². The number of carboxylic acids is 1. The molecule has 20 heavy (non-hydrogen) atoms. The Balaban J connectivity index is 2.09. The molecule has 0 aliphatic carbocycles. The Morgan fingerprint density at radius 2 is 1.95 bits per heavy atom. The van der Waals surface area contributed by atoms with Gasteiger partial charge in [0.15, 0.2) is 6.10 Å². The van der Waals surface area contributed by atoms with Gasteiger partial charge in [0.2, 0.25) is 5.91 Å². The molecule has 0 spiro atoms. The van der Waals surface area contributed by atoms with Gasteiger partial charge in [0, 0.05) is 26.1 Å². The van der Waals surface area contributed by atoms with Gasteiger partial charge in [-0.25, -0.2) is 9.59 Å². The lowest BCUT2D eigenvalue weighted by Gasteiger charge is -2.13. The zero-order chi connectivity index (χ0) is 15.0. The first-order chi connectivity index (χ1) is 9.52. The minimum Gasteiger partial charge on any atom is -0.479 e. The molecule has 8 nitrogen and oxygen atoms in total. The standard InChI is InChI=1S/C12H21N3O5/c1-2-13-10(16)5-6-14-12(19)15-7-8-3-4-9(20-8)11(17)18/h8-9H,2-7H2,1H3,(H,13,16)(H,17,18)(H2,14,15,19). The molecule has 1 fully saturated rings. The lowest BCUT2D eigenvalue weighted by molar-refractivity contribution is -0.149. The van der Waals surface area contributed by atoms with Crippen LogP contribution in [-0.4, -0.2) is 54.9 Å². The maximum absolute atomic E-state index is 11.4. The van der Waals surface area contributed by atoms with Crippen molar-refractivity contribution in [1.29, 1.82) is 0 Å². The molecule has 1 rings (SSSR count). The summed E-state index contributed by atoms with van der Waals surface area (Å²) in [4.78, 5) is 33.2. The highest BCUT2D eigenvalue weighted by Crippen LogP contribution is 2.18. The largest absolute Gasteiger partial charge is 0.479 e. The van der Waals surface area contributed by atoms with E-state index in [4.69, 9.17) is 9.84 Å². The predicted molar refractivity (Wildman–Crippen MR) is 70.2 cm³/mol. The van der Waals surface area contributed by atoms with Crippen molar-refractivity contribution in [3.63, 3.8) is 0 Å². The van der Waals surface area contributed by atoms with Crippen LogP contribution in [-0.2, 0) is 14.3 Å². The molecule has 3 amide bonds. The van der Waals surface area contributed by atoms with Crippen molar-refractivity contribution in [2.45, 2.75) is 38.4 Å². The number of aliphatic carboxylic acids is 1. The fraction of sp³-hybridized carbons (Fsp3) is 0.750. The Morgan fingerprint density at radius 3 is 2.55 bits per heavy atom. The highest BCUT2D eigenvalue weighted by Gasteiger charge is 2.30. The second-order valence-corrected chi connectivity index (χ2v) is 4.50. The van der Waals surface area contributed by atoms with E-state index in [9.17, 15) is 14.4 Å². The van der Waals surface area contributed by atoms with E-state index in [1.165, 1.54) is 0 Å². The molecule has 8 heteroatoms. The van der Waals surface area contributed by atoms with Crippen molar-refractivity contribution in [3.8, 4) is 0 Å². The zero-order valence-electron chi connectivity index (χ0n) is 11.5. The molecule has 1 aliphatic heterocycles. The number of rotatable bonds is 7. The van der Waals surface area contributed by atoms with E-state index in [2.05, 4.69) is 16.0 Å². The van der Waals surface area contributed by atoms with Crippen LogP contribution in [0.25, 0.3) is 0 Å². The van der Waals surface area contributed by atoms with E-state index in [0.29, 0.717) is 19.4 Å². The zero-order valence-corrected chi connectivity index (χ0v) is 11.5. The molecule has 2 unspecified atom stereocenters. The molecule has 1 heterocycles. The van der Waals surface area contributed by atoms with Crippen molar-refractivity contribution in [1.82, 2.24) is 16.0 Å². The number of hydrogen-bond acceptors (Lipinski definition) is 4. The van der Waals surface area contributed by atoms with Gasteiger partial charge in [0.1, 0.15) is 0 Å².